The minimum Gasteiger partial charge on any atom is -0.493 e. The molecule has 0 aliphatic rings. The molecule has 2 nitrogen and oxygen atoms in total. The summed E-state index contributed by atoms with van der Waals surface area (Å²) in [6, 6.07) is 7.94. The van der Waals surface area contributed by atoms with E-state index in [0.717, 1.165) is 49.3 Å². The maximum absolute atomic E-state index is 5.73. The molecule has 0 bridgehead atoms. The summed E-state index contributed by atoms with van der Waals surface area (Å²) in [7, 11) is 0. The lowest BCUT2D eigenvalue weighted by Gasteiger charge is -2.09. The fraction of sp³-hybridized carbons (Fsp3) is 0.625. The van der Waals surface area contributed by atoms with Crippen LogP contribution >= 0.6 is 15.9 Å². The van der Waals surface area contributed by atoms with Crippen molar-refractivity contribution in [2.24, 2.45) is 0 Å². The van der Waals surface area contributed by atoms with Crippen LogP contribution in [0.25, 0.3) is 0 Å². The first kappa shape index (κ1) is 16.4. The SMILES string of the molecule is CCCCCCOc1cccc(OCCCCBr)c1. The van der Waals surface area contributed by atoms with Crippen molar-refractivity contribution in [3.63, 3.8) is 0 Å². The Labute approximate surface area is 125 Å². The second-order valence-electron chi connectivity index (χ2n) is 4.63. The molecule has 0 aromatic heterocycles. The van der Waals surface area contributed by atoms with E-state index in [4.69, 9.17) is 9.47 Å². The first-order valence-electron chi connectivity index (χ1n) is 7.28. The molecule has 0 spiro atoms. The van der Waals surface area contributed by atoms with Crippen molar-refractivity contribution in [3.05, 3.63) is 24.3 Å². The minimum absolute atomic E-state index is 0.769. The highest BCUT2D eigenvalue weighted by Gasteiger charge is 1.98. The van der Waals surface area contributed by atoms with Crippen LogP contribution in [0.1, 0.15) is 45.4 Å². The van der Waals surface area contributed by atoms with Gasteiger partial charge in [0, 0.05) is 11.4 Å². The van der Waals surface area contributed by atoms with E-state index >= 15 is 0 Å². The van der Waals surface area contributed by atoms with Crippen LogP contribution in [-0.4, -0.2) is 18.5 Å². The topological polar surface area (TPSA) is 18.5 Å². The van der Waals surface area contributed by atoms with E-state index < -0.39 is 0 Å². The summed E-state index contributed by atoms with van der Waals surface area (Å²) in [6.45, 7) is 3.79. The van der Waals surface area contributed by atoms with Gasteiger partial charge in [-0.3, -0.25) is 0 Å². The van der Waals surface area contributed by atoms with Crippen molar-refractivity contribution in [1.82, 2.24) is 0 Å². The van der Waals surface area contributed by atoms with Gasteiger partial charge in [0.05, 0.1) is 13.2 Å². The standard InChI is InChI=1S/C16H25BrO2/c1-2-3-4-6-12-18-15-9-8-10-16(14-15)19-13-7-5-11-17/h8-10,14H,2-7,11-13H2,1H3. The summed E-state index contributed by atoms with van der Waals surface area (Å²) in [6.07, 6.45) is 7.15. The Morgan fingerprint density at radius 3 is 2.11 bits per heavy atom. The Balaban J connectivity index is 2.23. The molecule has 0 fully saturated rings. The van der Waals surface area contributed by atoms with Crippen LogP contribution in [0, 0.1) is 0 Å². The predicted molar refractivity (Wildman–Crippen MR) is 84.6 cm³/mol. The van der Waals surface area contributed by atoms with E-state index in [0.29, 0.717) is 0 Å². The van der Waals surface area contributed by atoms with E-state index in [-0.39, 0.29) is 0 Å². The molecule has 0 radical (unpaired) electrons. The van der Waals surface area contributed by atoms with Gasteiger partial charge in [-0.1, -0.05) is 48.2 Å². The van der Waals surface area contributed by atoms with Crippen LogP contribution in [-0.2, 0) is 0 Å². The second kappa shape index (κ2) is 11.2. The Morgan fingerprint density at radius 2 is 1.53 bits per heavy atom. The smallest absolute Gasteiger partial charge is 0.122 e. The Kier molecular flexibility index (Phi) is 9.60. The quantitative estimate of drug-likeness (QED) is 0.410. The van der Waals surface area contributed by atoms with Crippen LogP contribution in [0.2, 0.25) is 0 Å². The van der Waals surface area contributed by atoms with Gasteiger partial charge in [0.2, 0.25) is 0 Å². The lowest BCUT2D eigenvalue weighted by atomic mass is 10.2. The first-order chi connectivity index (χ1) is 9.36. The molecule has 0 heterocycles. The number of hydrogen-bond acceptors (Lipinski definition) is 2. The highest BCUT2D eigenvalue weighted by atomic mass is 79.9. The number of rotatable bonds is 11. The van der Waals surface area contributed by atoms with Gasteiger partial charge in [0.15, 0.2) is 0 Å². The fourth-order valence-electron chi connectivity index (χ4n) is 1.76. The molecule has 1 aromatic rings. The van der Waals surface area contributed by atoms with Crippen LogP contribution in [0.15, 0.2) is 24.3 Å². The summed E-state index contributed by atoms with van der Waals surface area (Å²) in [4.78, 5) is 0. The van der Waals surface area contributed by atoms with Crippen molar-refractivity contribution >= 4 is 15.9 Å². The highest BCUT2D eigenvalue weighted by Crippen LogP contribution is 2.20. The van der Waals surface area contributed by atoms with Gasteiger partial charge in [-0.2, -0.15) is 0 Å². The van der Waals surface area contributed by atoms with Crippen molar-refractivity contribution < 1.29 is 9.47 Å². The molecular weight excluding hydrogens is 304 g/mol. The van der Waals surface area contributed by atoms with E-state index in [1.165, 1.54) is 19.3 Å². The van der Waals surface area contributed by atoms with Crippen LogP contribution in [0.5, 0.6) is 11.5 Å². The van der Waals surface area contributed by atoms with E-state index in [1.807, 2.05) is 24.3 Å². The summed E-state index contributed by atoms with van der Waals surface area (Å²) in [5, 5.41) is 1.04. The molecule has 1 aromatic carbocycles. The molecular formula is C16H25BrO2. The maximum atomic E-state index is 5.73. The van der Waals surface area contributed by atoms with Gasteiger partial charge >= 0.3 is 0 Å². The molecule has 0 atom stereocenters. The number of benzene rings is 1. The van der Waals surface area contributed by atoms with Crippen molar-refractivity contribution in [3.8, 4) is 11.5 Å². The summed E-state index contributed by atoms with van der Waals surface area (Å²) in [5.41, 5.74) is 0. The predicted octanol–water partition coefficient (Wildman–Crippen LogP) is 5.20. The molecule has 0 unspecified atom stereocenters. The van der Waals surface area contributed by atoms with Gasteiger partial charge in [0.1, 0.15) is 11.5 Å². The van der Waals surface area contributed by atoms with Crippen molar-refractivity contribution in [2.45, 2.75) is 45.4 Å². The maximum Gasteiger partial charge on any atom is 0.122 e. The summed E-state index contributed by atoms with van der Waals surface area (Å²) < 4.78 is 11.4. The minimum atomic E-state index is 0.769. The normalized spacial score (nSPS) is 10.4. The largest absolute Gasteiger partial charge is 0.493 e. The van der Waals surface area contributed by atoms with Gasteiger partial charge < -0.3 is 9.47 Å². The number of ether oxygens (including phenoxy) is 2. The Bertz CT molecular complexity index is 328. The zero-order chi connectivity index (χ0) is 13.8. The second-order valence-corrected chi connectivity index (χ2v) is 5.42. The average molecular weight is 329 g/mol. The zero-order valence-electron chi connectivity index (χ0n) is 11.9. The van der Waals surface area contributed by atoms with E-state index in [2.05, 4.69) is 22.9 Å². The van der Waals surface area contributed by atoms with E-state index in [9.17, 15) is 0 Å². The molecule has 0 saturated heterocycles. The molecule has 0 aliphatic carbocycles. The van der Waals surface area contributed by atoms with Crippen molar-refractivity contribution in [1.29, 1.82) is 0 Å². The van der Waals surface area contributed by atoms with Crippen LogP contribution in [0.3, 0.4) is 0 Å². The first-order valence-corrected chi connectivity index (χ1v) is 8.40. The average Bonchev–Trinajstić information content (AvgIpc) is 2.44. The molecule has 3 heteroatoms. The van der Waals surface area contributed by atoms with Gasteiger partial charge in [-0.15, -0.1) is 0 Å². The lowest BCUT2D eigenvalue weighted by molar-refractivity contribution is 0.292. The number of hydrogen-bond donors (Lipinski definition) is 0. The molecule has 0 N–H and O–H groups in total. The van der Waals surface area contributed by atoms with Crippen molar-refractivity contribution in [2.75, 3.05) is 18.5 Å². The zero-order valence-corrected chi connectivity index (χ0v) is 13.5. The Hall–Kier alpha value is -0.700. The molecule has 0 saturated carbocycles. The van der Waals surface area contributed by atoms with Gasteiger partial charge in [0.25, 0.3) is 0 Å². The molecule has 0 amide bonds. The van der Waals surface area contributed by atoms with Gasteiger partial charge in [-0.25, -0.2) is 0 Å². The third-order valence-corrected chi connectivity index (χ3v) is 3.43. The van der Waals surface area contributed by atoms with Crippen LogP contribution in [0.4, 0.5) is 0 Å². The Morgan fingerprint density at radius 1 is 0.895 bits per heavy atom. The number of halogens is 1. The monoisotopic (exact) mass is 328 g/mol. The lowest BCUT2D eigenvalue weighted by Crippen LogP contribution is -1.99. The molecule has 0 aliphatic heterocycles. The third-order valence-electron chi connectivity index (χ3n) is 2.87. The fourth-order valence-corrected chi connectivity index (χ4v) is 2.16. The molecule has 1 rings (SSSR count). The number of alkyl halides is 1. The summed E-state index contributed by atoms with van der Waals surface area (Å²) >= 11 is 3.42. The molecule has 19 heavy (non-hydrogen) atoms. The molecule has 108 valence electrons. The number of unbranched alkanes of at least 4 members (excludes halogenated alkanes) is 4. The summed E-state index contributed by atoms with van der Waals surface area (Å²) in [5.74, 6) is 1.81. The third kappa shape index (κ3) is 8.14. The highest BCUT2D eigenvalue weighted by molar-refractivity contribution is 9.09. The van der Waals surface area contributed by atoms with Gasteiger partial charge in [-0.05, 0) is 31.4 Å². The van der Waals surface area contributed by atoms with Crippen LogP contribution < -0.4 is 9.47 Å². The van der Waals surface area contributed by atoms with E-state index in [1.54, 1.807) is 0 Å².